The van der Waals surface area contributed by atoms with Crippen LogP contribution < -0.4 is 0 Å². The molecule has 0 saturated carbocycles. The summed E-state index contributed by atoms with van der Waals surface area (Å²) < 4.78 is 0. The maximum Gasteiger partial charge on any atom is 0.243 e. The van der Waals surface area contributed by atoms with E-state index in [1.54, 1.807) is 0 Å². The minimum absolute atomic E-state index is 0.169. The van der Waals surface area contributed by atoms with Gasteiger partial charge in [0.1, 0.15) is 5.52 Å². The van der Waals surface area contributed by atoms with Crippen molar-refractivity contribution in [1.82, 2.24) is 20.2 Å². The lowest BCUT2D eigenvalue weighted by molar-refractivity contribution is 1.01. The molecule has 0 bridgehead atoms. The number of halogens is 1. The van der Waals surface area contributed by atoms with Crippen LogP contribution in [0.1, 0.15) is 0 Å². The molecule has 0 fully saturated rings. The van der Waals surface area contributed by atoms with Gasteiger partial charge in [0.15, 0.2) is 5.65 Å². The monoisotopic (exact) mass is 204 g/mol. The van der Waals surface area contributed by atoms with E-state index < -0.39 is 0 Å². The molecule has 0 aliphatic heterocycles. The van der Waals surface area contributed by atoms with Gasteiger partial charge in [-0.1, -0.05) is 18.2 Å². The van der Waals surface area contributed by atoms with Crippen LogP contribution >= 0.6 is 11.6 Å². The highest BCUT2D eigenvalue weighted by molar-refractivity contribution is 6.28. The zero-order valence-electron chi connectivity index (χ0n) is 7.03. The Bertz CT molecular complexity index is 616. The third kappa shape index (κ3) is 0.975. The lowest BCUT2D eigenvalue weighted by atomic mass is 10.2. The first-order valence-electron chi connectivity index (χ1n) is 4.11. The van der Waals surface area contributed by atoms with Gasteiger partial charge in [0.2, 0.25) is 5.28 Å². The van der Waals surface area contributed by atoms with Crippen LogP contribution in [0.4, 0.5) is 0 Å². The average Bonchev–Trinajstić information content (AvgIpc) is 2.56. The fourth-order valence-corrected chi connectivity index (χ4v) is 1.63. The lowest BCUT2D eigenvalue weighted by Gasteiger charge is -1.88. The molecule has 3 rings (SSSR count). The molecular formula is C9H5ClN4. The van der Waals surface area contributed by atoms with E-state index in [9.17, 15) is 0 Å². The van der Waals surface area contributed by atoms with Gasteiger partial charge in [-0.3, -0.25) is 0 Å². The second-order valence-electron chi connectivity index (χ2n) is 2.95. The second-order valence-corrected chi connectivity index (χ2v) is 3.29. The SMILES string of the molecule is Clc1nnc2[nH]c3ccccc3c2n1. The summed E-state index contributed by atoms with van der Waals surface area (Å²) in [5.74, 6) is 0. The number of benzene rings is 1. The molecule has 0 spiro atoms. The van der Waals surface area contributed by atoms with Gasteiger partial charge in [0.25, 0.3) is 0 Å². The number of nitrogens with zero attached hydrogens (tertiary/aromatic N) is 3. The summed E-state index contributed by atoms with van der Waals surface area (Å²) in [6.45, 7) is 0. The van der Waals surface area contributed by atoms with Crippen LogP contribution in [0.25, 0.3) is 22.1 Å². The minimum Gasteiger partial charge on any atom is -0.336 e. The zero-order chi connectivity index (χ0) is 9.54. The number of para-hydroxylation sites is 1. The zero-order valence-corrected chi connectivity index (χ0v) is 7.78. The van der Waals surface area contributed by atoms with Gasteiger partial charge in [-0.15, -0.1) is 10.2 Å². The first-order valence-corrected chi connectivity index (χ1v) is 4.49. The number of hydrogen-bond donors (Lipinski definition) is 1. The van der Waals surface area contributed by atoms with Crippen molar-refractivity contribution in [2.24, 2.45) is 0 Å². The number of aromatic amines is 1. The maximum absolute atomic E-state index is 5.68. The van der Waals surface area contributed by atoms with Gasteiger partial charge in [0, 0.05) is 10.9 Å². The Labute approximate surface area is 83.9 Å². The molecular weight excluding hydrogens is 200 g/mol. The normalized spacial score (nSPS) is 11.2. The van der Waals surface area contributed by atoms with Crippen molar-refractivity contribution in [1.29, 1.82) is 0 Å². The lowest BCUT2D eigenvalue weighted by Crippen LogP contribution is -1.86. The number of fused-ring (bicyclic) bond motifs is 3. The summed E-state index contributed by atoms with van der Waals surface area (Å²) in [6, 6.07) is 7.84. The van der Waals surface area contributed by atoms with E-state index in [0.29, 0.717) is 5.65 Å². The van der Waals surface area contributed by atoms with Gasteiger partial charge in [0.05, 0.1) is 0 Å². The smallest absolute Gasteiger partial charge is 0.243 e. The molecule has 0 aliphatic rings. The second kappa shape index (κ2) is 2.65. The van der Waals surface area contributed by atoms with Crippen molar-refractivity contribution in [2.45, 2.75) is 0 Å². The Morgan fingerprint density at radius 2 is 2.00 bits per heavy atom. The summed E-state index contributed by atoms with van der Waals surface area (Å²) >= 11 is 5.68. The Morgan fingerprint density at radius 1 is 1.14 bits per heavy atom. The van der Waals surface area contributed by atoms with Gasteiger partial charge < -0.3 is 4.98 Å². The van der Waals surface area contributed by atoms with Crippen LogP contribution in [0.2, 0.25) is 5.28 Å². The minimum atomic E-state index is 0.169. The highest BCUT2D eigenvalue weighted by Crippen LogP contribution is 2.21. The van der Waals surface area contributed by atoms with E-state index in [4.69, 9.17) is 11.6 Å². The number of H-pyrrole nitrogens is 1. The standard InChI is InChI=1S/C9H5ClN4/c10-9-12-7-5-3-1-2-4-6(5)11-8(7)13-14-9/h1-4H,(H,11,13). The van der Waals surface area contributed by atoms with Crippen LogP contribution in [-0.2, 0) is 0 Å². The van der Waals surface area contributed by atoms with Gasteiger partial charge in [-0.05, 0) is 17.7 Å². The van der Waals surface area contributed by atoms with Crippen LogP contribution in [0.3, 0.4) is 0 Å². The third-order valence-electron chi connectivity index (χ3n) is 2.10. The van der Waals surface area contributed by atoms with Crippen LogP contribution in [0.15, 0.2) is 24.3 Å². The first-order chi connectivity index (χ1) is 6.84. The van der Waals surface area contributed by atoms with Crippen LogP contribution in [-0.4, -0.2) is 20.2 Å². The molecule has 1 aromatic carbocycles. The van der Waals surface area contributed by atoms with E-state index in [1.165, 1.54) is 0 Å². The number of hydrogen-bond acceptors (Lipinski definition) is 3. The molecule has 0 amide bonds. The highest BCUT2D eigenvalue weighted by atomic mass is 35.5. The summed E-state index contributed by atoms with van der Waals surface area (Å²) in [6.07, 6.45) is 0. The Hall–Kier alpha value is -1.68. The Balaban J connectivity index is 2.58. The third-order valence-corrected chi connectivity index (χ3v) is 2.26. The van der Waals surface area contributed by atoms with E-state index in [1.807, 2.05) is 24.3 Å². The topological polar surface area (TPSA) is 54.5 Å². The molecule has 68 valence electrons. The molecule has 2 aromatic heterocycles. The molecule has 14 heavy (non-hydrogen) atoms. The number of rotatable bonds is 0. The quantitative estimate of drug-likeness (QED) is 0.611. The van der Waals surface area contributed by atoms with Crippen LogP contribution in [0, 0.1) is 0 Å². The molecule has 4 nitrogen and oxygen atoms in total. The fourth-order valence-electron chi connectivity index (χ4n) is 1.50. The van der Waals surface area contributed by atoms with E-state index in [0.717, 1.165) is 16.4 Å². The summed E-state index contributed by atoms with van der Waals surface area (Å²) in [5.41, 5.74) is 2.42. The molecule has 0 atom stereocenters. The molecule has 0 radical (unpaired) electrons. The van der Waals surface area contributed by atoms with E-state index in [2.05, 4.69) is 20.2 Å². The van der Waals surface area contributed by atoms with E-state index >= 15 is 0 Å². The van der Waals surface area contributed by atoms with E-state index in [-0.39, 0.29) is 5.28 Å². The molecule has 0 aliphatic carbocycles. The van der Waals surface area contributed by atoms with Crippen LogP contribution in [0.5, 0.6) is 0 Å². The number of nitrogens with one attached hydrogen (secondary N) is 1. The van der Waals surface area contributed by atoms with Gasteiger partial charge >= 0.3 is 0 Å². The number of aromatic nitrogens is 4. The van der Waals surface area contributed by atoms with Crippen molar-refractivity contribution in [2.75, 3.05) is 0 Å². The predicted molar refractivity (Wildman–Crippen MR) is 54.2 cm³/mol. The largest absolute Gasteiger partial charge is 0.336 e. The molecule has 0 unspecified atom stereocenters. The maximum atomic E-state index is 5.68. The molecule has 3 aromatic rings. The predicted octanol–water partition coefficient (Wildman–Crippen LogP) is 2.16. The van der Waals surface area contributed by atoms with Gasteiger partial charge in [-0.25, -0.2) is 4.98 Å². The van der Waals surface area contributed by atoms with Crippen molar-refractivity contribution in [3.8, 4) is 0 Å². The molecule has 5 heteroatoms. The summed E-state index contributed by atoms with van der Waals surface area (Å²) in [7, 11) is 0. The average molecular weight is 205 g/mol. The molecule has 0 saturated heterocycles. The molecule has 1 N–H and O–H groups in total. The summed E-state index contributed by atoms with van der Waals surface area (Å²) in [5, 5.41) is 8.78. The van der Waals surface area contributed by atoms with Crippen molar-refractivity contribution in [3.63, 3.8) is 0 Å². The summed E-state index contributed by atoms with van der Waals surface area (Å²) in [4.78, 5) is 7.23. The van der Waals surface area contributed by atoms with Gasteiger partial charge in [-0.2, -0.15) is 0 Å². The molecule has 2 heterocycles. The van der Waals surface area contributed by atoms with Crippen molar-refractivity contribution >= 4 is 33.7 Å². The first kappa shape index (κ1) is 7.70. The Kier molecular flexibility index (Phi) is 1.46. The Morgan fingerprint density at radius 3 is 2.93 bits per heavy atom. The fraction of sp³-hybridized carbons (Fsp3) is 0. The van der Waals surface area contributed by atoms with Crippen molar-refractivity contribution in [3.05, 3.63) is 29.5 Å². The van der Waals surface area contributed by atoms with Crippen molar-refractivity contribution < 1.29 is 0 Å². The highest BCUT2D eigenvalue weighted by Gasteiger charge is 2.06.